The van der Waals surface area contributed by atoms with Crippen LogP contribution in [0.5, 0.6) is 0 Å². The molecule has 0 fully saturated rings. The molecule has 1 atom stereocenters. The molecule has 0 radical (unpaired) electrons. The summed E-state index contributed by atoms with van der Waals surface area (Å²) in [6, 6.07) is 0. The summed E-state index contributed by atoms with van der Waals surface area (Å²) in [4.78, 5) is 8.21. The molecule has 10 heavy (non-hydrogen) atoms. The fourth-order valence-corrected chi connectivity index (χ4v) is 0.565. The van der Waals surface area contributed by atoms with Gasteiger partial charge in [-0.25, -0.2) is 0 Å². The van der Waals surface area contributed by atoms with E-state index in [1.807, 2.05) is 0 Å². The Bertz CT molecular complexity index is 98.2. The van der Waals surface area contributed by atoms with E-state index in [0.717, 1.165) is 0 Å². The maximum absolute atomic E-state index is 11.2. The molecule has 0 saturated carbocycles. The quantitative estimate of drug-likeness (QED) is 0.705. The van der Waals surface area contributed by atoms with Crippen molar-refractivity contribution in [1.29, 1.82) is 0 Å². The van der Waals surface area contributed by atoms with Gasteiger partial charge in [-0.3, -0.25) is 0 Å². The first-order valence-electron chi connectivity index (χ1n) is 1.93. The van der Waals surface area contributed by atoms with Crippen molar-refractivity contribution < 1.29 is 26.7 Å². The molecule has 3 nitrogen and oxygen atoms in total. The SMILES string of the molecule is OP(OCl)OCC(F)(F)F. The van der Waals surface area contributed by atoms with Gasteiger partial charge in [-0.05, 0) is 0 Å². The molecule has 0 aliphatic carbocycles. The lowest BCUT2D eigenvalue weighted by molar-refractivity contribution is -0.154. The maximum Gasteiger partial charge on any atom is 0.412 e. The van der Waals surface area contributed by atoms with Crippen molar-refractivity contribution >= 4 is 20.5 Å². The number of alkyl halides is 3. The first-order chi connectivity index (χ1) is 4.45. The minimum absolute atomic E-state index is 1.57. The Morgan fingerprint density at radius 2 is 2.00 bits per heavy atom. The van der Waals surface area contributed by atoms with Crippen molar-refractivity contribution in [1.82, 2.24) is 0 Å². The summed E-state index contributed by atoms with van der Waals surface area (Å²) in [6.45, 7) is -1.57. The van der Waals surface area contributed by atoms with Crippen LogP contribution in [0.1, 0.15) is 0 Å². The van der Waals surface area contributed by atoms with E-state index in [9.17, 15) is 13.2 Å². The second kappa shape index (κ2) is 4.31. The average Bonchev–Trinajstić information content (AvgIpc) is 1.81. The summed E-state index contributed by atoms with van der Waals surface area (Å²) in [6.07, 6.45) is -4.47. The van der Waals surface area contributed by atoms with Crippen LogP contribution in [0.4, 0.5) is 13.2 Å². The lowest BCUT2D eigenvalue weighted by atomic mass is 10.7. The Kier molecular flexibility index (Phi) is 4.47. The van der Waals surface area contributed by atoms with E-state index in [-0.39, 0.29) is 0 Å². The third-order valence-electron chi connectivity index (χ3n) is 0.398. The zero-order chi connectivity index (χ0) is 8.20. The summed E-state index contributed by atoms with van der Waals surface area (Å²) in [5, 5.41) is 0. The Morgan fingerprint density at radius 3 is 2.30 bits per heavy atom. The van der Waals surface area contributed by atoms with E-state index in [1.165, 1.54) is 0 Å². The van der Waals surface area contributed by atoms with E-state index in [0.29, 0.717) is 0 Å². The molecule has 0 saturated heterocycles. The summed E-state index contributed by atoms with van der Waals surface area (Å²) >= 11 is 4.47. The molecule has 0 heterocycles. The normalized spacial score (nSPS) is 15.3. The largest absolute Gasteiger partial charge is 0.412 e. The van der Waals surface area contributed by atoms with Crippen LogP contribution in [-0.4, -0.2) is 17.7 Å². The van der Waals surface area contributed by atoms with E-state index in [2.05, 4.69) is 20.5 Å². The zero-order valence-electron chi connectivity index (χ0n) is 4.43. The van der Waals surface area contributed by atoms with Gasteiger partial charge in [0.25, 0.3) is 0 Å². The van der Waals surface area contributed by atoms with Crippen LogP contribution in [0.25, 0.3) is 0 Å². The molecule has 0 aliphatic heterocycles. The molecule has 0 rings (SSSR count). The van der Waals surface area contributed by atoms with Crippen molar-refractivity contribution in [2.75, 3.05) is 6.61 Å². The average molecular weight is 198 g/mol. The van der Waals surface area contributed by atoms with Crippen LogP contribution in [0, 0.1) is 0 Å². The third-order valence-corrected chi connectivity index (χ3v) is 1.22. The van der Waals surface area contributed by atoms with E-state index < -0.39 is 21.4 Å². The standard InChI is InChI=1S/C2H3ClF3O3P/c3-9-10(7)8-1-2(4,5)6/h7H,1H2. The van der Waals surface area contributed by atoms with Gasteiger partial charge in [-0.15, -0.1) is 0 Å². The number of hydrogen-bond donors (Lipinski definition) is 1. The first kappa shape index (κ1) is 10.4. The Labute approximate surface area is 60.9 Å². The van der Waals surface area contributed by atoms with Crippen molar-refractivity contribution in [2.24, 2.45) is 0 Å². The zero-order valence-corrected chi connectivity index (χ0v) is 6.08. The molecule has 1 N–H and O–H groups in total. The van der Waals surface area contributed by atoms with E-state index in [1.54, 1.807) is 0 Å². The molecular weight excluding hydrogens is 195 g/mol. The summed E-state index contributed by atoms with van der Waals surface area (Å²) in [7, 11) is -2.60. The molecule has 0 aromatic heterocycles. The highest BCUT2D eigenvalue weighted by Crippen LogP contribution is 2.36. The molecule has 8 heteroatoms. The van der Waals surface area contributed by atoms with Crippen molar-refractivity contribution in [3.63, 3.8) is 0 Å². The van der Waals surface area contributed by atoms with Crippen LogP contribution in [0.2, 0.25) is 0 Å². The summed E-state index contributed by atoms with van der Waals surface area (Å²) in [5.41, 5.74) is 0. The van der Waals surface area contributed by atoms with Gasteiger partial charge in [0.2, 0.25) is 0 Å². The van der Waals surface area contributed by atoms with Crippen molar-refractivity contribution in [2.45, 2.75) is 6.18 Å². The number of hydrogen-bond acceptors (Lipinski definition) is 3. The molecule has 0 aromatic carbocycles. The van der Waals surface area contributed by atoms with Gasteiger partial charge < -0.3 is 9.42 Å². The highest BCUT2D eigenvalue weighted by Gasteiger charge is 2.29. The maximum atomic E-state index is 11.2. The minimum Gasteiger partial charge on any atom is -0.327 e. The van der Waals surface area contributed by atoms with Crippen LogP contribution >= 0.6 is 20.5 Å². The summed E-state index contributed by atoms with van der Waals surface area (Å²) < 4.78 is 40.9. The second-order valence-electron chi connectivity index (χ2n) is 1.20. The van der Waals surface area contributed by atoms with E-state index in [4.69, 9.17) is 4.89 Å². The topological polar surface area (TPSA) is 38.7 Å². The van der Waals surface area contributed by atoms with Crippen molar-refractivity contribution in [3.05, 3.63) is 0 Å². The third kappa shape index (κ3) is 6.51. The Morgan fingerprint density at radius 1 is 1.50 bits per heavy atom. The Balaban J connectivity index is 3.36. The molecule has 0 aromatic rings. The molecule has 62 valence electrons. The van der Waals surface area contributed by atoms with Gasteiger partial charge in [-0.2, -0.15) is 17.2 Å². The lowest BCUT2D eigenvalue weighted by Gasteiger charge is -2.07. The van der Waals surface area contributed by atoms with Gasteiger partial charge in [0, 0.05) is 0 Å². The fraction of sp³-hybridized carbons (Fsp3) is 1.00. The molecule has 0 amide bonds. The van der Waals surface area contributed by atoms with E-state index >= 15 is 0 Å². The van der Waals surface area contributed by atoms with Crippen LogP contribution in [0.3, 0.4) is 0 Å². The second-order valence-corrected chi connectivity index (χ2v) is 2.48. The minimum atomic E-state index is -4.47. The number of rotatable bonds is 3. The highest BCUT2D eigenvalue weighted by molar-refractivity contribution is 7.41. The molecule has 1 unspecified atom stereocenters. The smallest absolute Gasteiger partial charge is 0.327 e. The van der Waals surface area contributed by atoms with Gasteiger partial charge in [0.1, 0.15) is 0 Å². The van der Waals surface area contributed by atoms with Gasteiger partial charge in [-0.1, -0.05) is 0 Å². The molecular formula is C2H3ClF3O3P. The fourth-order valence-electron chi connectivity index (χ4n) is 0.148. The first-order valence-corrected chi connectivity index (χ1v) is 3.37. The number of halogens is 4. The van der Waals surface area contributed by atoms with Crippen molar-refractivity contribution in [3.8, 4) is 0 Å². The lowest BCUT2D eigenvalue weighted by Crippen LogP contribution is -2.14. The molecule has 0 bridgehead atoms. The Hall–Kier alpha value is 0.390. The van der Waals surface area contributed by atoms with Gasteiger partial charge in [0.05, 0.1) is 11.9 Å². The predicted octanol–water partition coefficient (Wildman–Crippen LogP) is 1.95. The molecule has 0 aliphatic rings. The van der Waals surface area contributed by atoms with Crippen LogP contribution in [0.15, 0.2) is 0 Å². The monoisotopic (exact) mass is 198 g/mol. The van der Waals surface area contributed by atoms with Gasteiger partial charge in [0.15, 0.2) is 6.61 Å². The van der Waals surface area contributed by atoms with Crippen LogP contribution in [-0.2, 0) is 8.60 Å². The highest BCUT2D eigenvalue weighted by atomic mass is 35.5. The summed E-state index contributed by atoms with van der Waals surface area (Å²) in [5.74, 6) is 0. The van der Waals surface area contributed by atoms with Gasteiger partial charge >= 0.3 is 14.8 Å². The van der Waals surface area contributed by atoms with Crippen LogP contribution < -0.4 is 0 Å². The predicted molar refractivity (Wildman–Crippen MR) is 28.1 cm³/mol. The molecule has 0 spiro atoms.